The lowest BCUT2D eigenvalue weighted by atomic mass is 10.2. The second-order valence-corrected chi connectivity index (χ2v) is 6.15. The van der Waals surface area contributed by atoms with Gasteiger partial charge in [0.05, 0.1) is 29.6 Å². The molecular formula is C18H20Cl2N2O2. The van der Waals surface area contributed by atoms with E-state index in [-0.39, 0.29) is 6.10 Å². The minimum Gasteiger partial charge on any atom is -0.490 e. The third kappa shape index (κ3) is 5.32. The number of anilines is 1. The summed E-state index contributed by atoms with van der Waals surface area (Å²) in [5.41, 5.74) is 4.58. The first kappa shape index (κ1) is 18.4. The van der Waals surface area contributed by atoms with Crippen LogP contribution in [0.1, 0.15) is 26.3 Å². The van der Waals surface area contributed by atoms with E-state index in [4.69, 9.17) is 32.7 Å². The van der Waals surface area contributed by atoms with Crippen LogP contribution in [-0.4, -0.2) is 18.9 Å². The summed E-state index contributed by atoms with van der Waals surface area (Å²) in [5, 5.41) is 5.37. The van der Waals surface area contributed by atoms with Crippen molar-refractivity contribution >= 4 is 35.1 Å². The van der Waals surface area contributed by atoms with Gasteiger partial charge in [-0.3, -0.25) is 5.43 Å². The first-order valence-corrected chi connectivity index (χ1v) is 8.42. The lowest BCUT2D eigenvalue weighted by Gasteiger charge is -2.16. The van der Waals surface area contributed by atoms with Crippen LogP contribution in [-0.2, 0) is 0 Å². The molecule has 0 unspecified atom stereocenters. The molecule has 0 saturated carbocycles. The van der Waals surface area contributed by atoms with Crippen molar-refractivity contribution < 1.29 is 9.47 Å². The molecule has 0 fully saturated rings. The standard InChI is InChI=1S/C18H20Cl2N2O2/c1-4-23-17-10-13(9-16(20)18(17)24-12(2)3)11-21-22-15-7-5-14(19)6-8-15/h5-12,22H,4H2,1-3H3/b21-11+. The number of hydrogen-bond acceptors (Lipinski definition) is 4. The topological polar surface area (TPSA) is 42.8 Å². The lowest BCUT2D eigenvalue weighted by molar-refractivity contribution is 0.224. The zero-order valence-corrected chi connectivity index (χ0v) is 15.4. The van der Waals surface area contributed by atoms with E-state index in [1.165, 1.54) is 0 Å². The van der Waals surface area contributed by atoms with Crippen molar-refractivity contribution in [2.75, 3.05) is 12.0 Å². The maximum Gasteiger partial charge on any atom is 0.180 e. The van der Waals surface area contributed by atoms with E-state index in [9.17, 15) is 0 Å². The molecule has 24 heavy (non-hydrogen) atoms. The van der Waals surface area contributed by atoms with Gasteiger partial charge in [0.2, 0.25) is 0 Å². The second-order valence-electron chi connectivity index (χ2n) is 5.31. The van der Waals surface area contributed by atoms with Gasteiger partial charge in [0.25, 0.3) is 0 Å². The number of nitrogens with one attached hydrogen (secondary N) is 1. The van der Waals surface area contributed by atoms with E-state index in [0.29, 0.717) is 28.2 Å². The number of ether oxygens (including phenoxy) is 2. The van der Waals surface area contributed by atoms with Gasteiger partial charge in [0.15, 0.2) is 11.5 Å². The number of hydrogen-bond donors (Lipinski definition) is 1. The Kier molecular flexibility index (Phi) is 6.76. The van der Waals surface area contributed by atoms with Crippen molar-refractivity contribution in [2.45, 2.75) is 26.9 Å². The summed E-state index contributed by atoms with van der Waals surface area (Å²) in [6.07, 6.45) is 1.68. The van der Waals surface area contributed by atoms with Gasteiger partial charge in [-0.15, -0.1) is 0 Å². The van der Waals surface area contributed by atoms with E-state index in [1.54, 1.807) is 24.4 Å². The fourth-order valence-electron chi connectivity index (χ4n) is 1.98. The lowest BCUT2D eigenvalue weighted by Crippen LogP contribution is -2.08. The van der Waals surface area contributed by atoms with Crippen molar-refractivity contribution in [3.8, 4) is 11.5 Å². The fourth-order valence-corrected chi connectivity index (χ4v) is 2.37. The third-order valence-electron chi connectivity index (χ3n) is 2.94. The van der Waals surface area contributed by atoms with E-state index in [2.05, 4.69) is 10.5 Å². The van der Waals surface area contributed by atoms with Gasteiger partial charge in [-0.1, -0.05) is 23.2 Å². The molecule has 0 atom stereocenters. The quantitative estimate of drug-likeness (QED) is 0.510. The maximum atomic E-state index is 6.33. The molecular weight excluding hydrogens is 347 g/mol. The van der Waals surface area contributed by atoms with Gasteiger partial charge in [0.1, 0.15) is 0 Å². The Morgan fingerprint density at radius 2 is 1.88 bits per heavy atom. The van der Waals surface area contributed by atoms with Crippen molar-refractivity contribution in [1.82, 2.24) is 0 Å². The Labute approximate surface area is 152 Å². The largest absolute Gasteiger partial charge is 0.490 e. The van der Waals surface area contributed by atoms with E-state index in [1.807, 2.05) is 39.0 Å². The van der Waals surface area contributed by atoms with Crippen LogP contribution >= 0.6 is 23.2 Å². The Hall–Kier alpha value is -1.91. The van der Waals surface area contributed by atoms with Crippen molar-refractivity contribution in [3.63, 3.8) is 0 Å². The highest BCUT2D eigenvalue weighted by Gasteiger charge is 2.13. The van der Waals surface area contributed by atoms with Crippen molar-refractivity contribution in [2.24, 2.45) is 5.10 Å². The van der Waals surface area contributed by atoms with E-state index < -0.39 is 0 Å². The average molecular weight is 367 g/mol. The van der Waals surface area contributed by atoms with Gasteiger partial charge in [-0.2, -0.15) is 5.10 Å². The molecule has 0 aliphatic carbocycles. The Balaban J connectivity index is 2.17. The summed E-state index contributed by atoms with van der Waals surface area (Å²) in [5.74, 6) is 1.16. The molecule has 4 nitrogen and oxygen atoms in total. The number of benzene rings is 2. The highest BCUT2D eigenvalue weighted by molar-refractivity contribution is 6.32. The normalized spacial score (nSPS) is 11.1. The van der Waals surface area contributed by atoms with Crippen molar-refractivity contribution in [1.29, 1.82) is 0 Å². The molecule has 128 valence electrons. The first-order chi connectivity index (χ1) is 11.5. The van der Waals surface area contributed by atoms with Crippen LogP contribution in [0.3, 0.4) is 0 Å². The summed E-state index contributed by atoms with van der Waals surface area (Å²) >= 11 is 12.2. The molecule has 0 amide bonds. The van der Waals surface area contributed by atoms with Gasteiger partial charge in [-0.05, 0) is 62.7 Å². The number of halogens is 2. The van der Waals surface area contributed by atoms with E-state index in [0.717, 1.165) is 11.3 Å². The van der Waals surface area contributed by atoms with Crippen molar-refractivity contribution in [3.05, 3.63) is 52.0 Å². The SMILES string of the molecule is CCOc1cc(/C=N/Nc2ccc(Cl)cc2)cc(Cl)c1OC(C)C. The smallest absolute Gasteiger partial charge is 0.180 e. The monoisotopic (exact) mass is 366 g/mol. The van der Waals surface area contributed by atoms with Crippen LogP contribution in [0, 0.1) is 0 Å². The molecule has 6 heteroatoms. The second kappa shape index (κ2) is 8.81. The summed E-state index contributed by atoms with van der Waals surface area (Å²) in [4.78, 5) is 0. The molecule has 2 aromatic rings. The molecule has 0 spiro atoms. The van der Waals surface area contributed by atoms with Crippen LogP contribution in [0.25, 0.3) is 0 Å². The molecule has 0 aliphatic heterocycles. The molecule has 0 aliphatic rings. The molecule has 0 radical (unpaired) electrons. The Morgan fingerprint density at radius 1 is 1.17 bits per heavy atom. The molecule has 0 saturated heterocycles. The maximum absolute atomic E-state index is 6.33. The summed E-state index contributed by atoms with van der Waals surface area (Å²) in [7, 11) is 0. The fraction of sp³-hybridized carbons (Fsp3) is 0.278. The predicted molar refractivity (Wildman–Crippen MR) is 101 cm³/mol. The van der Waals surface area contributed by atoms with Gasteiger partial charge in [-0.25, -0.2) is 0 Å². The van der Waals surface area contributed by atoms with Gasteiger partial charge >= 0.3 is 0 Å². The van der Waals surface area contributed by atoms with Crippen LogP contribution in [0.2, 0.25) is 10.0 Å². The zero-order valence-electron chi connectivity index (χ0n) is 13.8. The highest BCUT2D eigenvalue weighted by Crippen LogP contribution is 2.37. The van der Waals surface area contributed by atoms with Gasteiger partial charge < -0.3 is 9.47 Å². The number of rotatable bonds is 7. The van der Waals surface area contributed by atoms with Crippen LogP contribution < -0.4 is 14.9 Å². The van der Waals surface area contributed by atoms with Crippen LogP contribution in [0.4, 0.5) is 5.69 Å². The minimum atomic E-state index is 0.00722. The average Bonchev–Trinajstić information content (AvgIpc) is 2.53. The first-order valence-electron chi connectivity index (χ1n) is 7.67. The molecule has 2 rings (SSSR count). The molecule has 0 bridgehead atoms. The molecule has 0 aromatic heterocycles. The number of nitrogens with zero attached hydrogens (tertiary/aromatic N) is 1. The van der Waals surface area contributed by atoms with Crippen LogP contribution in [0.15, 0.2) is 41.5 Å². The summed E-state index contributed by atoms with van der Waals surface area (Å²) < 4.78 is 11.4. The Morgan fingerprint density at radius 3 is 2.50 bits per heavy atom. The molecule has 1 N–H and O–H groups in total. The molecule has 2 aromatic carbocycles. The Bertz CT molecular complexity index is 701. The third-order valence-corrected chi connectivity index (χ3v) is 3.47. The summed E-state index contributed by atoms with van der Waals surface area (Å²) in [6.45, 7) is 6.32. The summed E-state index contributed by atoms with van der Waals surface area (Å²) in [6, 6.07) is 10.9. The predicted octanol–water partition coefficient (Wildman–Crippen LogP) is 5.63. The molecule has 0 heterocycles. The minimum absolute atomic E-state index is 0.00722. The van der Waals surface area contributed by atoms with E-state index >= 15 is 0 Å². The van der Waals surface area contributed by atoms with Crippen LogP contribution in [0.5, 0.6) is 11.5 Å². The number of hydrazone groups is 1. The van der Waals surface area contributed by atoms with Gasteiger partial charge in [0, 0.05) is 5.02 Å². The zero-order chi connectivity index (χ0) is 17.5. The highest BCUT2D eigenvalue weighted by atomic mass is 35.5.